The summed E-state index contributed by atoms with van der Waals surface area (Å²) >= 11 is 0. The topological polar surface area (TPSA) is 57.0 Å². The predicted molar refractivity (Wildman–Crippen MR) is 107 cm³/mol. The van der Waals surface area contributed by atoms with Crippen molar-refractivity contribution >= 4 is 35.6 Å². The number of nitrogens with zero attached hydrogens (tertiary/aromatic N) is 4. The summed E-state index contributed by atoms with van der Waals surface area (Å²) in [6.07, 6.45) is 8.04. The molecule has 0 bridgehead atoms. The van der Waals surface area contributed by atoms with Crippen molar-refractivity contribution in [2.24, 2.45) is 4.99 Å². The third-order valence-electron chi connectivity index (χ3n) is 4.70. The van der Waals surface area contributed by atoms with Crippen molar-refractivity contribution in [1.29, 1.82) is 0 Å². The normalized spacial score (nSPS) is 21.7. The number of pyridine rings is 1. The van der Waals surface area contributed by atoms with Gasteiger partial charge in [-0.1, -0.05) is 6.07 Å². The Morgan fingerprint density at radius 2 is 2.21 bits per heavy atom. The van der Waals surface area contributed by atoms with Crippen LogP contribution in [0.5, 0.6) is 0 Å². The summed E-state index contributed by atoms with van der Waals surface area (Å²) in [7, 11) is 1.83. The van der Waals surface area contributed by atoms with E-state index < -0.39 is 0 Å². The maximum absolute atomic E-state index is 4.60. The lowest BCUT2D eigenvalue weighted by atomic mass is 10.3. The Kier molecular flexibility index (Phi) is 5.60. The molecular weight excluding hydrogens is 415 g/mol. The molecule has 2 N–H and O–H groups in total. The van der Waals surface area contributed by atoms with Crippen LogP contribution in [0, 0.1) is 0 Å². The summed E-state index contributed by atoms with van der Waals surface area (Å²) in [6.45, 7) is 3.03. The molecule has 0 spiro atoms. The fraction of sp³-hybridized carbons (Fsp3) is 0.529. The van der Waals surface area contributed by atoms with Gasteiger partial charge in [-0.25, -0.2) is 4.98 Å². The van der Waals surface area contributed by atoms with E-state index in [0.717, 1.165) is 29.9 Å². The number of aromatic nitrogens is 2. The predicted octanol–water partition coefficient (Wildman–Crippen LogP) is 1.85. The highest BCUT2D eigenvalue weighted by Crippen LogP contribution is 2.29. The van der Waals surface area contributed by atoms with Crippen LogP contribution in [0.2, 0.25) is 0 Å². The molecule has 1 unspecified atom stereocenters. The van der Waals surface area contributed by atoms with Crippen LogP contribution in [0.15, 0.2) is 35.6 Å². The third-order valence-corrected chi connectivity index (χ3v) is 4.70. The molecule has 1 aliphatic heterocycles. The van der Waals surface area contributed by atoms with Crippen molar-refractivity contribution in [1.82, 2.24) is 24.9 Å². The number of guanidine groups is 1. The quantitative estimate of drug-likeness (QED) is 0.433. The number of hydrogen-bond donors (Lipinski definition) is 2. The summed E-state index contributed by atoms with van der Waals surface area (Å²) in [4.78, 5) is 11.6. The Bertz CT molecular complexity index is 675. The lowest BCUT2D eigenvalue weighted by Crippen LogP contribution is -2.44. The molecule has 2 aliphatic rings. The Morgan fingerprint density at radius 3 is 2.96 bits per heavy atom. The van der Waals surface area contributed by atoms with Crippen LogP contribution >= 0.6 is 24.0 Å². The van der Waals surface area contributed by atoms with Gasteiger partial charge in [0.25, 0.3) is 0 Å². The van der Waals surface area contributed by atoms with Gasteiger partial charge in [0.15, 0.2) is 5.96 Å². The molecule has 2 fully saturated rings. The van der Waals surface area contributed by atoms with Crippen molar-refractivity contribution in [2.45, 2.75) is 37.9 Å². The van der Waals surface area contributed by atoms with E-state index in [1.807, 2.05) is 35.8 Å². The van der Waals surface area contributed by atoms with Gasteiger partial charge in [0.2, 0.25) is 0 Å². The van der Waals surface area contributed by atoms with Gasteiger partial charge in [-0.05, 0) is 31.4 Å². The monoisotopic (exact) mass is 440 g/mol. The molecule has 1 aliphatic carbocycles. The van der Waals surface area contributed by atoms with E-state index in [9.17, 15) is 0 Å². The molecule has 0 radical (unpaired) electrons. The van der Waals surface area contributed by atoms with Crippen LogP contribution in [-0.4, -0.2) is 52.5 Å². The standard InChI is InChI=1S/C17H24N6.HI/c1-18-17(21-13-7-9-22(11-13)15-5-6-15)19-10-14-12-23-8-3-2-4-16(23)20-14;/h2-4,8,12-13,15H,5-7,9-11H2,1H3,(H2,18,19,21);1H. The Morgan fingerprint density at radius 1 is 1.33 bits per heavy atom. The molecule has 3 heterocycles. The van der Waals surface area contributed by atoms with Crippen LogP contribution in [-0.2, 0) is 6.54 Å². The van der Waals surface area contributed by atoms with E-state index in [-0.39, 0.29) is 24.0 Å². The summed E-state index contributed by atoms with van der Waals surface area (Å²) in [5.41, 5.74) is 1.99. The molecule has 1 saturated heterocycles. The van der Waals surface area contributed by atoms with Crippen LogP contribution in [0.25, 0.3) is 5.65 Å². The van der Waals surface area contributed by atoms with Gasteiger partial charge in [0.05, 0.1) is 12.2 Å². The van der Waals surface area contributed by atoms with Gasteiger partial charge in [0.1, 0.15) is 5.65 Å². The van der Waals surface area contributed by atoms with Gasteiger partial charge >= 0.3 is 0 Å². The first-order valence-corrected chi connectivity index (χ1v) is 8.45. The second-order valence-corrected chi connectivity index (χ2v) is 6.48. The molecule has 24 heavy (non-hydrogen) atoms. The molecule has 4 rings (SSSR count). The minimum absolute atomic E-state index is 0. The fourth-order valence-corrected chi connectivity index (χ4v) is 3.31. The smallest absolute Gasteiger partial charge is 0.191 e. The molecule has 1 atom stereocenters. The number of hydrogen-bond acceptors (Lipinski definition) is 3. The molecule has 130 valence electrons. The number of imidazole rings is 1. The lowest BCUT2D eigenvalue weighted by molar-refractivity contribution is 0.321. The van der Waals surface area contributed by atoms with Crippen molar-refractivity contribution in [3.8, 4) is 0 Å². The SMILES string of the molecule is CN=C(NCc1cn2ccccc2n1)NC1CCN(C2CC2)C1.I. The van der Waals surface area contributed by atoms with Gasteiger partial charge in [-0.3, -0.25) is 9.89 Å². The number of likely N-dealkylation sites (tertiary alicyclic amines) is 1. The number of rotatable bonds is 4. The number of aliphatic imine (C=N–C) groups is 1. The average molecular weight is 440 g/mol. The molecule has 2 aromatic heterocycles. The van der Waals surface area contributed by atoms with Gasteiger partial charge in [0, 0.05) is 44.6 Å². The second kappa shape index (κ2) is 7.69. The molecule has 0 amide bonds. The molecule has 1 saturated carbocycles. The average Bonchev–Trinajstić information content (AvgIpc) is 3.18. The van der Waals surface area contributed by atoms with Crippen LogP contribution in [0.1, 0.15) is 25.0 Å². The number of halogens is 1. The Balaban J connectivity index is 0.00000169. The van der Waals surface area contributed by atoms with E-state index in [0.29, 0.717) is 12.6 Å². The fourth-order valence-electron chi connectivity index (χ4n) is 3.31. The maximum atomic E-state index is 4.60. The van der Waals surface area contributed by atoms with Crippen molar-refractivity contribution in [3.05, 3.63) is 36.3 Å². The molecule has 0 aromatic carbocycles. The van der Waals surface area contributed by atoms with Gasteiger partial charge in [-0.2, -0.15) is 0 Å². The second-order valence-electron chi connectivity index (χ2n) is 6.48. The van der Waals surface area contributed by atoms with Gasteiger partial charge in [-0.15, -0.1) is 24.0 Å². The molecule has 6 nitrogen and oxygen atoms in total. The zero-order valence-electron chi connectivity index (χ0n) is 14.0. The van der Waals surface area contributed by atoms with Crippen LogP contribution in [0.3, 0.4) is 0 Å². The highest BCUT2D eigenvalue weighted by Gasteiger charge is 2.34. The first-order valence-electron chi connectivity index (χ1n) is 8.45. The van der Waals surface area contributed by atoms with Crippen molar-refractivity contribution in [2.75, 3.05) is 20.1 Å². The number of fused-ring (bicyclic) bond motifs is 1. The summed E-state index contributed by atoms with van der Waals surface area (Å²) < 4.78 is 2.04. The molecule has 7 heteroatoms. The highest BCUT2D eigenvalue weighted by molar-refractivity contribution is 14.0. The van der Waals surface area contributed by atoms with E-state index in [2.05, 4.69) is 31.7 Å². The summed E-state index contributed by atoms with van der Waals surface area (Å²) in [5.74, 6) is 0.865. The highest BCUT2D eigenvalue weighted by atomic mass is 127. The minimum Gasteiger partial charge on any atom is -0.352 e. The van der Waals surface area contributed by atoms with Crippen molar-refractivity contribution < 1.29 is 0 Å². The van der Waals surface area contributed by atoms with Crippen LogP contribution in [0.4, 0.5) is 0 Å². The maximum Gasteiger partial charge on any atom is 0.191 e. The summed E-state index contributed by atoms with van der Waals surface area (Å²) in [5, 5.41) is 6.92. The minimum atomic E-state index is 0. The van der Waals surface area contributed by atoms with E-state index in [1.54, 1.807) is 0 Å². The largest absolute Gasteiger partial charge is 0.352 e. The Hall–Kier alpha value is -1.35. The van der Waals surface area contributed by atoms with Crippen molar-refractivity contribution in [3.63, 3.8) is 0 Å². The van der Waals surface area contributed by atoms with E-state index >= 15 is 0 Å². The van der Waals surface area contributed by atoms with Crippen LogP contribution < -0.4 is 10.6 Å². The van der Waals surface area contributed by atoms with E-state index in [4.69, 9.17) is 0 Å². The van der Waals surface area contributed by atoms with E-state index in [1.165, 1.54) is 25.8 Å². The zero-order valence-corrected chi connectivity index (χ0v) is 16.3. The molecule has 2 aromatic rings. The number of nitrogens with one attached hydrogen (secondary N) is 2. The first-order chi connectivity index (χ1) is 11.3. The zero-order chi connectivity index (χ0) is 15.6. The lowest BCUT2D eigenvalue weighted by Gasteiger charge is -2.18. The molecular formula is C17H25IN6. The summed E-state index contributed by atoms with van der Waals surface area (Å²) in [6, 6.07) is 7.39. The first kappa shape index (κ1) is 17.5. The van der Waals surface area contributed by atoms with Gasteiger partial charge < -0.3 is 15.0 Å². The Labute approximate surface area is 159 Å². The third kappa shape index (κ3) is 4.00.